The fourth-order valence-corrected chi connectivity index (χ4v) is 4.06. The van der Waals surface area contributed by atoms with Gasteiger partial charge in [0.25, 0.3) is 0 Å². The van der Waals surface area contributed by atoms with Gasteiger partial charge in [0.05, 0.1) is 20.3 Å². The normalized spacial score (nSPS) is 13.7. The number of methoxy groups -OCH3 is 2. The lowest BCUT2D eigenvalue weighted by Crippen LogP contribution is -2.28. The van der Waals surface area contributed by atoms with Gasteiger partial charge in [0.1, 0.15) is 6.29 Å². The first kappa shape index (κ1) is 33.2. The Balaban J connectivity index is 0.000000340. The first-order valence-corrected chi connectivity index (χ1v) is 13.1. The van der Waals surface area contributed by atoms with E-state index in [-0.39, 0.29) is 12.1 Å². The van der Waals surface area contributed by atoms with Gasteiger partial charge in [-0.2, -0.15) is 0 Å². The minimum absolute atomic E-state index is 0.0606. The van der Waals surface area contributed by atoms with E-state index < -0.39 is 6.09 Å². The Bertz CT molecular complexity index is 1150. The van der Waals surface area contributed by atoms with Crippen LogP contribution >= 0.6 is 0 Å². The predicted octanol–water partition coefficient (Wildman–Crippen LogP) is 6.90. The van der Waals surface area contributed by atoms with Crippen molar-refractivity contribution in [1.82, 2.24) is 5.32 Å². The monoisotopic (exact) mass is 536 g/mol. The summed E-state index contributed by atoms with van der Waals surface area (Å²) < 4.78 is 8.58. The highest BCUT2D eigenvalue weighted by Gasteiger charge is 2.24. The molecule has 3 N–H and O–H groups in total. The highest BCUT2D eigenvalue weighted by molar-refractivity contribution is 5.80. The largest absolute Gasteiger partial charge is 0.453 e. The van der Waals surface area contributed by atoms with Crippen LogP contribution in [-0.2, 0) is 27.1 Å². The van der Waals surface area contributed by atoms with Crippen molar-refractivity contribution in [2.75, 3.05) is 14.2 Å². The molecule has 39 heavy (non-hydrogen) atoms. The van der Waals surface area contributed by atoms with E-state index in [0.717, 1.165) is 35.8 Å². The molecule has 0 saturated heterocycles. The maximum absolute atomic E-state index is 11.4. The van der Waals surface area contributed by atoms with E-state index >= 15 is 0 Å². The SMILES string of the molecule is C/C(C=O)=C\c1ccc(CC(C)C)cc1.COC(=O)NC1C(C)=Cc2ccc(CC(C)C)cc21.COC(N)=O. The summed E-state index contributed by atoms with van der Waals surface area (Å²) in [4.78, 5) is 31.2. The number of amides is 2. The van der Waals surface area contributed by atoms with Crippen LogP contribution in [0.4, 0.5) is 9.59 Å². The number of benzene rings is 2. The van der Waals surface area contributed by atoms with Gasteiger partial charge in [0.15, 0.2) is 0 Å². The molecule has 1 unspecified atom stereocenters. The van der Waals surface area contributed by atoms with E-state index in [1.165, 1.54) is 36.5 Å². The Kier molecular flexibility index (Phi) is 14.3. The smallest absolute Gasteiger partial charge is 0.407 e. The van der Waals surface area contributed by atoms with Crippen molar-refractivity contribution in [2.45, 2.75) is 60.4 Å². The van der Waals surface area contributed by atoms with Gasteiger partial charge in [0, 0.05) is 0 Å². The number of primary amides is 1. The Morgan fingerprint density at radius 2 is 1.49 bits per heavy atom. The molecule has 2 aromatic rings. The number of nitrogens with two attached hydrogens (primary N) is 1. The third-order valence-corrected chi connectivity index (χ3v) is 5.80. The van der Waals surface area contributed by atoms with Crippen LogP contribution in [0.2, 0.25) is 0 Å². The molecule has 0 bridgehead atoms. The zero-order valence-electron chi connectivity index (χ0n) is 24.5. The maximum atomic E-state index is 11.4. The third-order valence-electron chi connectivity index (χ3n) is 5.80. The van der Waals surface area contributed by atoms with E-state index in [4.69, 9.17) is 4.74 Å². The van der Waals surface area contributed by atoms with E-state index in [0.29, 0.717) is 11.8 Å². The number of hydrogen-bond acceptors (Lipinski definition) is 5. The van der Waals surface area contributed by atoms with E-state index in [1.54, 1.807) is 0 Å². The number of carbonyl (C=O) groups excluding carboxylic acids is 3. The Morgan fingerprint density at radius 1 is 0.949 bits per heavy atom. The van der Waals surface area contributed by atoms with Crippen LogP contribution < -0.4 is 11.1 Å². The molecule has 3 rings (SSSR count). The number of rotatable bonds is 7. The molecule has 0 saturated carbocycles. The number of nitrogens with one attached hydrogen (secondary N) is 1. The highest BCUT2D eigenvalue weighted by atomic mass is 16.5. The van der Waals surface area contributed by atoms with Crippen molar-refractivity contribution in [3.8, 4) is 0 Å². The summed E-state index contributed by atoms with van der Waals surface area (Å²) in [5.74, 6) is 1.31. The summed E-state index contributed by atoms with van der Waals surface area (Å²) >= 11 is 0. The van der Waals surface area contributed by atoms with Gasteiger partial charge in [-0.05, 0) is 83.6 Å². The minimum atomic E-state index is -0.745. The van der Waals surface area contributed by atoms with E-state index in [2.05, 4.69) is 92.0 Å². The second-order valence-electron chi connectivity index (χ2n) is 10.4. The van der Waals surface area contributed by atoms with Gasteiger partial charge in [-0.15, -0.1) is 0 Å². The van der Waals surface area contributed by atoms with Gasteiger partial charge < -0.3 is 20.5 Å². The van der Waals surface area contributed by atoms with Crippen LogP contribution in [0.15, 0.2) is 53.6 Å². The number of aldehydes is 1. The number of ether oxygens (including phenoxy) is 2. The quantitative estimate of drug-likeness (QED) is 0.296. The van der Waals surface area contributed by atoms with E-state index in [9.17, 15) is 14.4 Å². The molecule has 0 spiro atoms. The van der Waals surface area contributed by atoms with Crippen molar-refractivity contribution >= 4 is 30.6 Å². The first-order valence-electron chi connectivity index (χ1n) is 13.1. The van der Waals surface area contributed by atoms with Crippen molar-refractivity contribution in [3.05, 3.63) is 81.4 Å². The summed E-state index contributed by atoms with van der Waals surface area (Å²) in [5, 5.41) is 2.89. The molecule has 1 aliphatic carbocycles. The first-order chi connectivity index (χ1) is 18.4. The minimum Gasteiger partial charge on any atom is -0.453 e. The molecule has 0 aliphatic heterocycles. The third kappa shape index (κ3) is 12.5. The second kappa shape index (κ2) is 16.9. The van der Waals surface area contributed by atoms with Crippen molar-refractivity contribution in [2.24, 2.45) is 17.6 Å². The van der Waals surface area contributed by atoms with Crippen molar-refractivity contribution in [3.63, 3.8) is 0 Å². The highest BCUT2D eigenvalue weighted by Crippen LogP contribution is 2.35. The van der Waals surface area contributed by atoms with E-state index in [1.807, 2.05) is 19.9 Å². The molecular formula is C32H44N2O5. The Labute approximate surface area is 233 Å². The molecule has 7 heteroatoms. The van der Waals surface area contributed by atoms with Crippen LogP contribution in [0.1, 0.15) is 75.4 Å². The summed E-state index contributed by atoms with van der Waals surface area (Å²) in [7, 11) is 2.61. The number of allylic oxidation sites excluding steroid dienone is 1. The van der Waals surface area contributed by atoms with Gasteiger partial charge in [-0.25, -0.2) is 9.59 Å². The van der Waals surface area contributed by atoms with Gasteiger partial charge >= 0.3 is 12.2 Å². The maximum Gasteiger partial charge on any atom is 0.407 e. The molecule has 0 aromatic heterocycles. The second-order valence-corrected chi connectivity index (χ2v) is 10.4. The van der Waals surface area contributed by atoms with Crippen LogP contribution in [0.3, 0.4) is 0 Å². The fraction of sp³-hybridized carbons (Fsp3) is 0.406. The number of fused-ring (bicyclic) bond motifs is 1. The molecule has 7 nitrogen and oxygen atoms in total. The zero-order chi connectivity index (χ0) is 29.5. The molecule has 1 aliphatic rings. The lowest BCUT2D eigenvalue weighted by Gasteiger charge is -2.17. The molecule has 212 valence electrons. The van der Waals surface area contributed by atoms with Crippen molar-refractivity contribution in [1.29, 1.82) is 0 Å². The molecule has 1 atom stereocenters. The average molecular weight is 537 g/mol. The molecule has 2 aromatic carbocycles. The predicted molar refractivity (Wildman–Crippen MR) is 158 cm³/mol. The zero-order valence-corrected chi connectivity index (χ0v) is 24.5. The standard InChI is InChI=1S/C16H21NO2.C14H18O.C2H5NO2/c1-10(2)7-12-5-6-13-8-11(3)15(14(13)9-12)17-16(18)19-4;1-11(2)8-13-4-6-14(7-5-13)9-12(3)10-15;1-5-2(3)4/h5-6,8-10,15H,7H2,1-4H3,(H,17,18);4-7,9-11H,8H2,1-3H3;1H3,(H2,3,4)/b;12-9+;. The van der Waals surface area contributed by atoms with Gasteiger partial charge in [-0.1, -0.05) is 76.2 Å². The molecular weight excluding hydrogens is 492 g/mol. The molecule has 2 amide bonds. The topological polar surface area (TPSA) is 108 Å². The summed E-state index contributed by atoms with van der Waals surface area (Å²) in [6.45, 7) is 12.7. The average Bonchev–Trinajstić information content (AvgIpc) is 3.19. The molecule has 0 radical (unpaired) electrons. The number of carbonyl (C=O) groups is 3. The van der Waals surface area contributed by atoms with Crippen LogP contribution in [0, 0.1) is 11.8 Å². The number of hydrogen-bond donors (Lipinski definition) is 2. The van der Waals surface area contributed by atoms with Gasteiger partial charge in [0.2, 0.25) is 0 Å². The lowest BCUT2D eigenvalue weighted by atomic mass is 9.97. The van der Waals surface area contributed by atoms with Crippen LogP contribution in [0.5, 0.6) is 0 Å². The summed E-state index contributed by atoms with van der Waals surface area (Å²) in [5.41, 5.74) is 12.4. The summed E-state index contributed by atoms with van der Waals surface area (Å²) in [6, 6.07) is 14.8. The Hall–Kier alpha value is -3.87. The molecule has 0 fully saturated rings. The lowest BCUT2D eigenvalue weighted by molar-refractivity contribution is -0.104. The van der Waals surface area contributed by atoms with Crippen molar-refractivity contribution < 1.29 is 23.9 Å². The fourth-order valence-electron chi connectivity index (χ4n) is 4.06. The Morgan fingerprint density at radius 3 is 1.97 bits per heavy atom. The van der Waals surface area contributed by atoms with Crippen LogP contribution in [-0.4, -0.2) is 32.7 Å². The summed E-state index contributed by atoms with van der Waals surface area (Å²) in [6.07, 6.45) is 5.92. The van der Waals surface area contributed by atoms with Gasteiger partial charge in [-0.3, -0.25) is 4.79 Å². The van der Waals surface area contributed by atoms with Crippen LogP contribution in [0.25, 0.3) is 12.2 Å². The number of alkyl carbamates (subject to hydrolysis) is 1. The molecule has 0 heterocycles.